The molecule has 5 heteroatoms. The van der Waals surface area contributed by atoms with Crippen LogP contribution in [0.1, 0.15) is 11.1 Å². The van der Waals surface area contributed by atoms with Crippen molar-refractivity contribution in [1.82, 2.24) is 0 Å². The molecule has 16 heavy (non-hydrogen) atoms. The monoisotopic (exact) mass is 283 g/mol. The highest BCUT2D eigenvalue weighted by molar-refractivity contribution is 9.10. The fraction of sp³-hybridized carbons (Fsp3) is 0.273. The lowest BCUT2D eigenvalue weighted by Gasteiger charge is -2.10. The number of hydrogen-bond acceptors (Lipinski definition) is 4. The van der Waals surface area contributed by atoms with Gasteiger partial charge < -0.3 is 9.47 Å². The molecule has 0 aliphatic rings. The van der Waals surface area contributed by atoms with Gasteiger partial charge in [-0.05, 0) is 28.1 Å². The second-order valence-electron chi connectivity index (χ2n) is 2.97. The average molecular weight is 284 g/mol. The molecule has 0 aromatic heterocycles. The Bertz CT molecular complexity index is 451. The maximum Gasteiger partial charge on any atom is 0.310 e. The van der Waals surface area contributed by atoms with Crippen LogP contribution in [-0.2, 0) is 16.0 Å². The fourth-order valence-electron chi connectivity index (χ4n) is 1.30. The molecular weight excluding hydrogens is 274 g/mol. The van der Waals surface area contributed by atoms with Gasteiger partial charge >= 0.3 is 5.97 Å². The molecule has 0 bridgehead atoms. The number of rotatable bonds is 3. The van der Waals surface area contributed by atoms with Crippen molar-refractivity contribution in [2.75, 3.05) is 14.2 Å². The minimum absolute atomic E-state index is 0.0159. The highest BCUT2D eigenvalue weighted by atomic mass is 79.9. The van der Waals surface area contributed by atoms with E-state index in [1.807, 2.05) is 6.07 Å². The van der Waals surface area contributed by atoms with E-state index in [4.69, 9.17) is 10.00 Å². The Hall–Kier alpha value is -1.54. The number of nitrogens with zero attached hydrogens (tertiary/aromatic N) is 1. The third kappa shape index (κ3) is 2.52. The number of esters is 1. The molecule has 0 saturated heterocycles. The van der Waals surface area contributed by atoms with E-state index in [-0.39, 0.29) is 6.42 Å². The van der Waals surface area contributed by atoms with E-state index in [1.54, 1.807) is 12.1 Å². The van der Waals surface area contributed by atoms with Crippen LogP contribution in [0.2, 0.25) is 0 Å². The molecular formula is C11H10BrNO3. The van der Waals surface area contributed by atoms with Gasteiger partial charge in [-0.3, -0.25) is 4.79 Å². The molecule has 0 aliphatic heterocycles. The van der Waals surface area contributed by atoms with Gasteiger partial charge in [-0.2, -0.15) is 5.26 Å². The van der Waals surface area contributed by atoms with Gasteiger partial charge in [0.1, 0.15) is 11.8 Å². The summed E-state index contributed by atoms with van der Waals surface area (Å²) < 4.78 is 10.3. The first-order valence-corrected chi connectivity index (χ1v) is 5.25. The van der Waals surface area contributed by atoms with Crippen molar-refractivity contribution in [3.8, 4) is 11.8 Å². The summed E-state index contributed by atoms with van der Waals surface area (Å²) in [5, 5.41) is 9.02. The Morgan fingerprint density at radius 1 is 1.50 bits per heavy atom. The Kier molecular flexibility index (Phi) is 4.32. The predicted molar refractivity (Wildman–Crippen MR) is 61.1 cm³/mol. The van der Waals surface area contributed by atoms with Crippen LogP contribution in [0.15, 0.2) is 16.6 Å². The normalized spacial score (nSPS) is 9.38. The van der Waals surface area contributed by atoms with E-state index in [1.165, 1.54) is 14.2 Å². The molecule has 1 rings (SSSR count). The lowest BCUT2D eigenvalue weighted by molar-refractivity contribution is -0.139. The minimum Gasteiger partial charge on any atom is -0.496 e. The summed E-state index contributed by atoms with van der Waals surface area (Å²) >= 11 is 3.25. The maximum atomic E-state index is 11.2. The molecule has 0 fully saturated rings. The SMILES string of the molecule is COC(=O)Cc1c(OC)ccc(Br)c1C#N. The van der Waals surface area contributed by atoms with E-state index < -0.39 is 5.97 Å². The van der Waals surface area contributed by atoms with Crippen molar-refractivity contribution in [2.24, 2.45) is 0 Å². The zero-order valence-corrected chi connectivity index (χ0v) is 10.5. The zero-order chi connectivity index (χ0) is 12.1. The minimum atomic E-state index is -0.409. The molecule has 84 valence electrons. The van der Waals surface area contributed by atoms with E-state index in [2.05, 4.69) is 20.7 Å². The number of ether oxygens (including phenoxy) is 2. The smallest absolute Gasteiger partial charge is 0.310 e. The van der Waals surface area contributed by atoms with E-state index >= 15 is 0 Å². The standard InChI is InChI=1S/C11H10BrNO3/c1-15-10-4-3-9(12)8(6-13)7(10)5-11(14)16-2/h3-4H,5H2,1-2H3. The molecule has 4 nitrogen and oxygen atoms in total. The summed E-state index contributed by atoms with van der Waals surface area (Å²) in [6.07, 6.45) is 0.0159. The number of carbonyl (C=O) groups excluding carboxylic acids is 1. The van der Waals surface area contributed by atoms with E-state index in [0.29, 0.717) is 21.3 Å². The van der Waals surface area contributed by atoms with Gasteiger partial charge in [-0.25, -0.2) is 0 Å². The van der Waals surface area contributed by atoms with Gasteiger partial charge in [0, 0.05) is 10.0 Å². The van der Waals surface area contributed by atoms with Crippen molar-refractivity contribution >= 4 is 21.9 Å². The Morgan fingerprint density at radius 2 is 2.19 bits per heavy atom. The number of hydrogen-bond donors (Lipinski definition) is 0. The van der Waals surface area contributed by atoms with Crippen LogP contribution in [0.25, 0.3) is 0 Å². The number of nitriles is 1. The van der Waals surface area contributed by atoms with Crippen LogP contribution >= 0.6 is 15.9 Å². The van der Waals surface area contributed by atoms with Crippen molar-refractivity contribution < 1.29 is 14.3 Å². The highest BCUT2D eigenvalue weighted by Crippen LogP contribution is 2.29. The highest BCUT2D eigenvalue weighted by Gasteiger charge is 2.16. The van der Waals surface area contributed by atoms with Crippen LogP contribution < -0.4 is 4.74 Å². The van der Waals surface area contributed by atoms with Crippen LogP contribution in [0.4, 0.5) is 0 Å². The van der Waals surface area contributed by atoms with Crippen LogP contribution in [0.5, 0.6) is 5.75 Å². The molecule has 0 amide bonds. The first-order chi connectivity index (χ1) is 7.63. The lowest BCUT2D eigenvalue weighted by atomic mass is 10.0. The Balaban J connectivity index is 3.26. The lowest BCUT2D eigenvalue weighted by Crippen LogP contribution is -2.08. The molecule has 0 N–H and O–H groups in total. The molecule has 1 aromatic rings. The molecule has 0 aliphatic carbocycles. The summed E-state index contributed by atoms with van der Waals surface area (Å²) in [6.45, 7) is 0. The number of carbonyl (C=O) groups is 1. The first kappa shape index (κ1) is 12.5. The zero-order valence-electron chi connectivity index (χ0n) is 8.91. The maximum absolute atomic E-state index is 11.2. The third-order valence-electron chi connectivity index (χ3n) is 2.10. The summed E-state index contributed by atoms with van der Waals surface area (Å²) in [4.78, 5) is 11.2. The average Bonchev–Trinajstić information content (AvgIpc) is 2.29. The quantitative estimate of drug-likeness (QED) is 0.797. The third-order valence-corrected chi connectivity index (χ3v) is 2.76. The first-order valence-electron chi connectivity index (χ1n) is 4.46. The summed E-state index contributed by atoms with van der Waals surface area (Å²) in [6, 6.07) is 5.44. The number of methoxy groups -OCH3 is 2. The van der Waals surface area contributed by atoms with Crippen molar-refractivity contribution in [2.45, 2.75) is 6.42 Å². The summed E-state index contributed by atoms with van der Waals surface area (Å²) in [5.74, 6) is 0.0954. The van der Waals surface area contributed by atoms with Gasteiger partial charge in [0.15, 0.2) is 0 Å². The predicted octanol–water partition coefficient (Wildman–Crippen LogP) is 2.04. The van der Waals surface area contributed by atoms with Crippen LogP contribution in [-0.4, -0.2) is 20.2 Å². The van der Waals surface area contributed by atoms with Gasteiger partial charge in [-0.1, -0.05) is 0 Å². The second kappa shape index (κ2) is 5.52. The number of benzene rings is 1. The van der Waals surface area contributed by atoms with E-state index in [9.17, 15) is 4.79 Å². The van der Waals surface area contributed by atoms with Crippen molar-refractivity contribution in [3.05, 3.63) is 27.7 Å². The number of halogens is 1. The summed E-state index contributed by atoms with van der Waals surface area (Å²) in [7, 11) is 2.80. The Morgan fingerprint density at radius 3 is 2.69 bits per heavy atom. The molecule has 0 atom stereocenters. The molecule has 1 aromatic carbocycles. The molecule has 0 radical (unpaired) electrons. The van der Waals surface area contributed by atoms with E-state index in [0.717, 1.165) is 0 Å². The van der Waals surface area contributed by atoms with Gasteiger partial charge in [-0.15, -0.1) is 0 Å². The molecule has 0 saturated carbocycles. The van der Waals surface area contributed by atoms with Gasteiger partial charge in [0.25, 0.3) is 0 Å². The van der Waals surface area contributed by atoms with Gasteiger partial charge in [0.2, 0.25) is 0 Å². The second-order valence-corrected chi connectivity index (χ2v) is 3.82. The largest absolute Gasteiger partial charge is 0.496 e. The topological polar surface area (TPSA) is 59.3 Å². The fourth-order valence-corrected chi connectivity index (χ4v) is 1.76. The van der Waals surface area contributed by atoms with Crippen molar-refractivity contribution in [3.63, 3.8) is 0 Å². The summed E-state index contributed by atoms with van der Waals surface area (Å²) in [5.41, 5.74) is 0.927. The molecule has 0 heterocycles. The van der Waals surface area contributed by atoms with Crippen LogP contribution in [0.3, 0.4) is 0 Å². The van der Waals surface area contributed by atoms with Crippen LogP contribution in [0, 0.1) is 11.3 Å². The molecule has 0 spiro atoms. The van der Waals surface area contributed by atoms with Crippen molar-refractivity contribution in [1.29, 1.82) is 5.26 Å². The Labute approximate surface area is 102 Å². The van der Waals surface area contributed by atoms with Gasteiger partial charge in [0.05, 0.1) is 26.2 Å². The molecule has 0 unspecified atom stereocenters.